The van der Waals surface area contributed by atoms with Crippen molar-refractivity contribution in [3.05, 3.63) is 16.0 Å². The molecule has 2 heterocycles. The van der Waals surface area contributed by atoms with Crippen molar-refractivity contribution < 1.29 is 22.7 Å². The van der Waals surface area contributed by atoms with E-state index in [2.05, 4.69) is 24.5 Å². The first-order valence-corrected chi connectivity index (χ1v) is 11.7. The summed E-state index contributed by atoms with van der Waals surface area (Å²) in [5.41, 5.74) is 0.593. The first-order chi connectivity index (χ1) is 12.7. The lowest BCUT2D eigenvalue weighted by Gasteiger charge is -2.42. The van der Waals surface area contributed by atoms with Gasteiger partial charge in [0.1, 0.15) is 5.00 Å². The highest BCUT2D eigenvalue weighted by Crippen LogP contribution is 2.45. The first-order valence-electron chi connectivity index (χ1n) is 9.01. The number of hydrogen-bond donors (Lipinski definition) is 2. The van der Waals surface area contributed by atoms with Crippen molar-refractivity contribution in [2.45, 2.75) is 52.1 Å². The minimum atomic E-state index is -3.49. The van der Waals surface area contributed by atoms with Crippen molar-refractivity contribution in [3.63, 3.8) is 0 Å². The van der Waals surface area contributed by atoms with Gasteiger partial charge in [-0.2, -0.15) is 4.31 Å². The minimum absolute atomic E-state index is 0.221. The molecule has 1 aliphatic rings. The molecule has 0 spiro atoms. The standard InChI is InChI=1S/C18H29N3O5S2/c1-8-26-16(23)13-11-9-17(2,3)20-18(4,5)14(11)27-15(13)19-12(22)10-21(6)28(7,24)25/h20H,8-10H2,1-7H3,(H,19,22). The lowest BCUT2D eigenvalue weighted by molar-refractivity contribution is -0.116. The van der Waals surface area contributed by atoms with Gasteiger partial charge in [-0.3, -0.25) is 4.79 Å². The van der Waals surface area contributed by atoms with Gasteiger partial charge in [0.15, 0.2) is 0 Å². The highest BCUT2D eigenvalue weighted by atomic mass is 32.2. The third-order valence-electron chi connectivity index (χ3n) is 4.51. The summed E-state index contributed by atoms with van der Waals surface area (Å²) in [7, 11) is -2.16. The number of amides is 1. The molecule has 2 N–H and O–H groups in total. The molecule has 1 aromatic heterocycles. The second kappa shape index (κ2) is 7.74. The van der Waals surface area contributed by atoms with Crippen molar-refractivity contribution in [3.8, 4) is 0 Å². The second-order valence-corrected chi connectivity index (χ2v) is 11.3. The molecule has 2 rings (SSSR count). The molecule has 0 unspecified atom stereocenters. The first kappa shape index (κ1) is 22.8. The summed E-state index contributed by atoms with van der Waals surface area (Å²) >= 11 is 1.32. The van der Waals surface area contributed by atoms with Crippen LogP contribution in [-0.4, -0.2) is 56.6 Å². The molecule has 1 aromatic rings. The monoisotopic (exact) mass is 431 g/mol. The molecule has 8 nitrogen and oxygen atoms in total. The van der Waals surface area contributed by atoms with Gasteiger partial charge in [-0.15, -0.1) is 11.3 Å². The number of fused-ring (bicyclic) bond motifs is 1. The van der Waals surface area contributed by atoms with Gasteiger partial charge in [0.2, 0.25) is 15.9 Å². The summed E-state index contributed by atoms with van der Waals surface area (Å²) in [6, 6.07) is 0. The van der Waals surface area contributed by atoms with Gasteiger partial charge >= 0.3 is 5.97 Å². The number of carbonyl (C=O) groups excluding carboxylic acids is 2. The molecule has 0 saturated carbocycles. The number of nitrogens with one attached hydrogen (secondary N) is 2. The van der Waals surface area contributed by atoms with E-state index in [0.29, 0.717) is 17.0 Å². The van der Waals surface area contributed by atoms with Gasteiger partial charge in [-0.1, -0.05) is 0 Å². The number of thiophene rings is 1. The number of esters is 1. The van der Waals surface area contributed by atoms with E-state index in [1.54, 1.807) is 6.92 Å². The van der Waals surface area contributed by atoms with E-state index < -0.39 is 27.4 Å². The molecular formula is C18H29N3O5S2. The largest absolute Gasteiger partial charge is 0.462 e. The molecule has 0 aromatic carbocycles. The Morgan fingerprint density at radius 2 is 1.89 bits per heavy atom. The Hall–Kier alpha value is -1.49. The Morgan fingerprint density at radius 1 is 1.29 bits per heavy atom. The number of hydrogen-bond acceptors (Lipinski definition) is 7. The van der Waals surface area contributed by atoms with Crippen LogP contribution in [0.25, 0.3) is 0 Å². The number of nitrogens with zero attached hydrogens (tertiary/aromatic N) is 1. The zero-order valence-electron chi connectivity index (χ0n) is 17.4. The van der Waals surface area contributed by atoms with E-state index in [9.17, 15) is 18.0 Å². The van der Waals surface area contributed by atoms with E-state index in [1.165, 1.54) is 18.4 Å². The summed E-state index contributed by atoms with van der Waals surface area (Å²) in [4.78, 5) is 26.1. The third-order valence-corrected chi connectivity index (χ3v) is 7.24. The molecule has 0 radical (unpaired) electrons. The highest BCUT2D eigenvalue weighted by Gasteiger charge is 2.42. The molecular weight excluding hydrogens is 402 g/mol. The average Bonchev–Trinajstić information content (AvgIpc) is 2.82. The SMILES string of the molecule is CCOC(=O)c1c(NC(=O)CN(C)S(C)(=O)=O)sc2c1CC(C)(C)NC2(C)C. The zero-order valence-corrected chi connectivity index (χ0v) is 19.1. The van der Waals surface area contributed by atoms with Crippen LogP contribution in [0.3, 0.4) is 0 Å². The quantitative estimate of drug-likeness (QED) is 0.667. The van der Waals surface area contributed by atoms with Crippen LogP contribution in [0.4, 0.5) is 5.00 Å². The van der Waals surface area contributed by atoms with Gasteiger partial charge in [0.05, 0.1) is 25.0 Å². The maximum atomic E-state index is 12.7. The second-order valence-electron chi connectivity index (χ2n) is 8.21. The Balaban J connectivity index is 2.46. The number of sulfonamides is 1. The van der Waals surface area contributed by atoms with Crippen LogP contribution in [0, 0.1) is 0 Å². The fourth-order valence-corrected chi connectivity index (χ4v) is 5.15. The molecule has 0 aliphatic carbocycles. The van der Waals surface area contributed by atoms with Crippen molar-refractivity contribution in [2.75, 3.05) is 31.8 Å². The van der Waals surface area contributed by atoms with Gasteiger partial charge in [0.25, 0.3) is 0 Å². The van der Waals surface area contributed by atoms with Gasteiger partial charge in [-0.25, -0.2) is 13.2 Å². The summed E-state index contributed by atoms with van der Waals surface area (Å²) in [5, 5.41) is 6.67. The van der Waals surface area contributed by atoms with Gasteiger partial charge in [0, 0.05) is 23.0 Å². The average molecular weight is 432 g/mol. The van der Waals surface area contributed by atoms with E-state index >= 15 is 0 Å². The normalized spacial score (nSPS) is 17.9. The number of ether oxygens (including phenoxy) is 1. The fourth-order valence-electron chi connectivity index (χ4n) is 3.52. The topological polar surface area (TPSA) is 105 Å². The van der Waals surface area contributed by atoms with Crippen molar-refractivity contribution >= 4 is 38.2 Å². The number of likely N-dealkylation sites (N-methyl/N-ethyl adjacent to an activating group) is 1. The molecule has 158 valence electrons. The lowest BCUT2D eigenvalue weighted by Crippen LogP contribution is -2.55. The van der Waals surface area contributed by atoms with Crippen molar-refractivity contribution in [2.24, 2.45) is 0 Å². The predicted molar refractivity (Wildman–Crippen MR) is 110 cm³/mol. The van der Waals surface area contributed by atoms with Crippen LogP contribution in [0.15, 0.2) is 0 Å². The minimum Gasteiger partial charge on any atom is -0.462 e. The van der Waals surface area contributed by atoms with E-state index in [0.717, 1.165) is 21.0 Å². The van der Waals surface area contributed by atoms with Gasteiger partial charge in [-0.05, 0) is 46.6 Å². The molecule has 0 fully saturated rings. The van der Waals surface area contributed by atoms with Crippen LogP contribution < -0.4 is 10.6 Å². The maximum Gasteiger partial charge on any atom is 0.341 e. The van der Waals surface area contributed by atoms with Crippen LogP contribution in [0.1, 0.15) is 55.4 Å². The van der Waals surface area contributed by atoms with Crippen molar-refractivity contribution in [1.82, 2.24) is 9.62 Å². The molecule has 1 aliphatic heterocycles. The van der Waals surface area contributed by atoms with E-state index in [4.69, 9.17) is 4.74 Å². The van der Waals surface area contributed by atoms with Crippen LogP contribution in [-0.2, 0) is 31.5 Å². The summed E-state index contributed by atoms with van der Waals surface area (Å²) < 4.78 is 29.3. The Labute approximate surface area is 170 Å². The van der Waals surface area contributed by atoms with Crippen LogP contribution in [0.5, 0.6) is 0 Å². The van der Waals surface area contributed by atoms with Gasteiger partial charge < -0.3 is 15.4 Å². The zero-order chi connectivity index (χ0) is 21.5. The summed E-state index contributed by atoms with van der Waals surface area (Å²) in [5.74, 6) is -0.998. The molecule has 10 heteroatoms. The highest BCUT2D eigenvalue weighted by molar-refractivity contribution is 7.88. The smallest absolute Gasteiger partial charge is 0.341 e. The molecule has 0 atom stereocenters. The van der Waals surface area contributed by atoms with Crippen LogP contribution >= 0.6 is 11.3 Å². The Bertz CT molecular complexity index is 887. The summed E-state index contributed by atoms with van der Waals surface area (Å²) in [6.07, 6.45) is 1.64. The van der Waals surface area contributed by atoms with Crippen molar-refractivity contribution in [1.29, 1.82) is 0 Å². The Kier molecular flexibility index (Phi) is 6.30. The molecule has 1 amide bonds. The number of carbonyl (C=O) groups is 2. The van der Waals surface area contributed by atoms with Crippen LogP contribution in [0.2, 0.25) is 0 Å². The number of anilines is 1. The summed E-state index contributed by atoms with van der Waals surface area (Å²) in [6.45, 7) is 9.79. The fraction of sp³-hybridized carbons (Fsp3) is 0.667. The van der Waals surface area contributed by atoms with E-state index in [1.807, 2.05) is 13.8 Å². The number of rotatable bonds is 6. The lowest BCUT2D eigenvalue weighted by atomic mass is 9.81. The molecule has 0 bridgehead atoms. The Morgan fingerprint density at radius 3 is 2.43 bits per heavy atom. The predicted octanol–water partition coefficient (Wildman–Crippen LogP) is 1.91. The molecule has 28 heavy (non-hydrogen) atoms. The van der Waals surface area contributed by atoms with E-state index in [-0.39, 0.29) is 18.7 Å². The maximum absolute atomic E-state index is 12.7. The third kappa shape index (κ3) is 4.91. The molecule has 0 saturated heterocycles.